The molecule has 1 aliphatic rings. The minimum absolute atomic E-state index is 0.0314. The molecule has 1 heterocycles. The molecule has 84 valence electrons. The second-order valence-electron chi connectivity index (χ2n) is 3.56. The predicted molar refractivity (Wildman–Crippen MR) is 69.8 cm³/mol. The molecule has 1 aromatic carbocycles. The van der Waals surface area contributed by atoms with E-state index in [1.807, 2.05) is 36.4 Å². The molecule has 0 bridgehead atoms. The summed E-state index contributed by atoms with van der Waals surface area (Å²) in [4.78, 5) is 11.6. The minimum atomic E-state index is -0.278. The van der Waals surface area contributed by atoms with E-state index in [4.69, 9.17) is 4.74 Å². The number of hydrogen-bond donors (Lipinski definition) is 0. The molecule has 0 N–H and O–H groups in total. The number of carbonyl (C=O) groups is 1. The number of carbonyl (C=O) groups excluding carboxylic acids is 1. The van der Waals surface area contributed by atoms with Gasteiger partial charge in [0, 0.05) is 12.0 Å². The fourth-order valence-corrected chi connectivity index (χ4v) is 2.28. The number of halogens is 2. The van der Waals surface area contributed by atoms with Gasteiger partial charge in [0.25, 0.3) is 0 Å². The van der Waals surface area contributed by atoms with Crippen LogP contribution in [0.25, 0.3) is 0 Å². The Balaban J connectivity index is 2.16. The minimum Gasteiger partial charge on any atom is -0.446 e. The second-order valence-corrected chi connectivity index (χ2v) is 5.51. The molecule has 0 aliphatic carbocycles. The Morgan fingerprint density at radius 3 is 2.56 bits per heavy atom. The molecule has 16 heavy (non-hydrogen) atoms. The lowest BCUT2D eigenvalue weighted by Crippen LogP contribution is -2.28. The fourth-order valence-electron chi connectivity index (χ4n) is 1.53. The molecule has 0 saturated heterocycles. The van der Waals surface area contributed by atoms with Crippen LogP contribution in [-0.2, 0) is 16.0 Å². The SMILES string of the molecule is O=C1OC(Br)C(Br)C=C1Cc1ccccc1. The van der Waals surface area contributed by atoms with E-state index in [1.165, 1.54) is 0 Å². The van der Waals surface area contributed by atoms with Gasteiger partial charge in [-0.2, -0.15) is 0 Å². The van der Waals surface area contributed by atoms with Crippen LogP contribution in [0, 0.1) is 0 Å². The summed E-state index contributed by atoms with van der Waals surface area (Å²) in [5, 5.41) is -0.278. The van der Waals surface area contributed by atoms with Gasteiger partial charge in [-0.3, -0.25) is 0 Å². The molecule has 4 heteroatoms. The van der Waals surface area contributed by atoms with Crippen LogP contribution >= 0.6 is 31.9 Å². The lowest BCUT2D eigenvalue weighted by molar-refractivity contribution is -0.140. The third-order valence-corrected chi connectivity index (χ3v) is 4.54. The molecule has 0 fully saturated rings. The van der Waals surface area contributed by atoms with Gasteiger partial charge in [-0.15, -0.1) is 0 Å². The summed E-state index contributed by atoms with van der Waals surface area (Å²) in [5.74, 6) is -0.249. The first-order valence-corrected chi connectivity index (χ1v) is 6.73. The smallest absolute Gasteiger partial charge is 0.335 e. The van der Waals surface area contributed by atoms with E-state index < -0.39 is 0 Å². The van der Waals surface area contributed by atoms with Crippen molar-refractivity contribution in [2.75, 3.05) is 0 Å². The Morgan fingerprint density at radius 1 is 1.19 bits per heavy atom. The van der Waals surface area contributed by atoms with Crippen LogP contribution in [0.3, 0.4) is 0 Å². The van der Waals surface area contributed by atoms with Gasteiger partial charge >= 0.3 is 5.97 Å². The molecular formula is C12H10Br2O2. The lowest BCUT2D eigenvalue weighted by atomic mass is 10.0. The average molecular weight is 346 g/mol. The van der Waals surface area contributed by atoms with Crippen LogP contribution in [0.1, 0.15) is 5.56 Å². The predicted octanol–water partition coefficient (Wildman–Crippen LogP) is 3.20. The molecule has 2 unspecified atom stereocenters. The van der Waals surface area contributed by atoms with Gasteiger partial charge in [0.1, 0.15) is 0 Å². The maximum atomic E-state index is 11.6. The van der Waals surface area contributed by atoms with Crippen LogP contribution in [0.2, 0.25) is 0 Å². The first-order chi connectivity index (χ1) is 7.66. The van der Waals surface area contributed by atoms with Crippen molar-refractivity contribution in [3.63, 3.8) is 0 Å². The molecular weight excluding hydrogens is 336 g/mol. The van der Waals surface area contributed by atoms with Crippen LogP contribution < -0.4 is 0 Å². The third kappa shape index (κ3) is 2.74. The molecule has 0 spiro atoms. The Kier molecular flexibility index (Phi) is 3.82. The first kappa shape index (κ1) is 11.9. The van der Waals surface area contributed by atoms with Gasteiger partial charge in [-0.05, 0) is 21.5 Å². The average Bonchev–Trinajstić information content (AvgIpc) is 2.27. The first-order valence-electron chi connectivity index (χ1n) is 4.90. The van der Waals surface area contributed by atoms with E-state index in [0.29, 0.717) is 12.0 Å². The zero-order chi connectivity index (χ0) is 11.5. The van der Waals surface area contributed by atoms with Gasteiger partial charge in [0.05, 0.1) is 4.83 Å². The highest BCUT2D eigenvalue weighted by molar-refractivity contribution is 9.12. The molecule has 0 amide bonds. The Morgan fingerprint density at radius 2 is 1.88 bits per heavy atom. The summed E-state index contributed by atoms with van der Waals surface area (Å²) < 4.78 is 5.15. The van der Waals surface area contributed by atoms with Crippen molar-refractivity contribution in [2.24, 2.45) is 0 Å². The van der Waals surface area contributed by atoms with E-state index in [0.717, 1.165) is 5.56 Å². The summed E-state index contributed by atoms with van der Waals surface area (Å²) in [5.41, 5.74) is 1.81. The number of rotatable bonds is 2. The maximum Gasteiger partial charge on any atom is 0.335 e. The number of esters is 1. The monoisotopic (exact) mass is 344 g/mol. The summed E-state index contributed by atoms with van der Waals surface area (Å²) in [6.45, 7) is 0. The fraction of sp³-hybridized carbons (Fsp3) is 0.250. The molecule has 0 aromatic heterocycles. The van der Waals surface area contributed by atoms with Crippen LogP contribution in [-0.4, -0.2) is 15.8 Å². The summed E-state index contributed by atoms with van der Waals surface area (Å²) >= 11 is 6.71. The molecule has 0 saturated carbocycles. The Bertz CT molecular complexity index is 414. The van der Waals surface area contributed by atoms with Gasteiger partial charge in [-0.25, -0.2) is 4.79 Å². The number of alkyl halides is 2. The second kappa shape index (κ2) is 5.15. The zero-order valence-electron chi connectivity index (χ0n) is 8.40. The lowest BCUT2D eigenvalue weighted by Gasteiger charge is -2.22. The standard InChI is InChI=1S/C12H10Br2O2/c13-10-7-9(12(15)16-11(10)14)6-8-4-2-1-3-5-8/h1-5,7,10-11H,6H2. The van der Waals surface area contributed by atoms with E-state index in [2.05, 4.69) is 31.9 Å². The molecule has 1 aliphatic heterocycles. The molecule has 2 atom stereocenters. The number of hydrogen-bond acceptors (Lipinski definition) is 2. The highest BCUT2D eigenvalue weighted by atomic mass is 79.9. The Hall–Kier alpha value is -0.610. The largest absolute Gasteiger partial charge is 0.446 e. The van der Waals surface area contributed by atoms with Gasteiger partial charge in [-0.1, -0.05) is 52.3 Å². The van der Waals surface area contributed by atoms with Crippen LogP contribution in [0.5, 0.6) is 0 Å². The van der Waals surface area contributed by atoms with Gasteiger partial charge in [0.2, 0.25) is 0 Å². The van der Waals surface area contributed by atoms with Crippen molar-refractivity contribution in [3.05, 3.63) is 47.5 Å². The van der Waals surface area contributed by atoms with Crippen molar-refractivity contribution in [1.29, 1.82) is 0 Å². The van der Waals surface area contributed by atoms with Crippen molar-refractivity contribution in [1.82, 2.24) is 0 Å². The Labute approximate surface area is 111 Å². The number of cyclic esters (lactones) is 1. The topological polar surface area (TPSA) is 26.3 Å². The quantitative estimate of drug-likeness (QED) is 0.607. The third-order valence-electron chi connectivity index (χ3n) is 2.33. The van der Waals surface area contributed by atoms with E-state index in [-0.39, 0.29) is 15.8 Å². The van der Waals surface area contributed by atoms with E-state index in [9.17, 15) is 4.79 Å². The number of benzene rings is 1. The van der Waals surface area contributed by atoms with Gasteiger partial charge in [0.15, 0.2) is 5.01 Å². The molecule has 2 rings (SSSR count). The molecule has 2 nitrogen and oxygen atoms in total. The van der Waals surface area contributed by atoms with E-state index >= 15 is 0 Å². The van der Waals surface area contributed by atoms with Crippen molar-refractivity contribution >= 4 is 37.8 Å². The highest BCUT2D eigenvalue weighted by Crippen LogP contribution is 2.26. The maximum absolute atomic E-state index is 11.6. The summed E-state index contributed by atoms with van der Waals surface area (Å²) in [7, 11) is 0. The van der Waals surface area contributed by atoms with Crippen molar-refractivity contribution < 1.29 is 9.53 Å². The van der Waals surface area contributed by atoms with Crippen LogP contribution in [0.4, 0.5) is 0 Å². The highest BCUT2D eigenvalue weighted by Gasteiger charge is 2.27. The molecule has 1 aromatic rings. The van der Waals surface area contributed by atoms with E-state index in [1.54, 1.807) is 0 Å². The summed E-state index contributed by atoms with van der Waals surface area (Å²) in [6.07, 6.45) is 2.51. The normalized spacial score (nSPS) is 24.9. The number of ether oxygens (including phenoxy) is 1. The van der Waals surface area contributed by atoms with Crippen LogP contribution in [0.15, 0.2) is 42.0 Å². The summed E-state index contributed by atoms with van der Waals surface area (Å²) in [6, 6.07) is 9.87. The van der Waals surface area contributed by atoms with Gasteiger partial charge < -0.3 is 4.74 Å². The zero-order valence-corrected chi connectivity index (χ0v) is 11.6. The molecule has 0 radical (unpaired) electrons. The van der Waals surface area contributed by atoms with Crippen molar-refractivity contribution in [2.45, 2.75) is 16.3 Å². The van der Waals surface area contributed by atoms with Crippen molar-refractivity contribution in [3.8, 4) is 0 Å².